The van der Waals surface area contributed by atoms with Crippen molar-refractivity contribution in [3.05, 3.63) is 29.3 Å². The molecule has 1 saturated heterocycles. The Hall–Kier alpha value is -1.42. The predicted octanol–water partition coefficient (Wildman–Crippen LogP) is 0.461. The molecule has 1 aromatic carbocycles. The summed E-state index contributed by atoms with van der Waals surface area (Å²) in [5.74, 6) is 0. The molecule has 1 aromatic rings. The molecule has 0 spiro atoms. The molecule has 1 N–H and O–H groups in total. The number of hydrogen-bond donors (Lipinski definition) is 1. The van der Waals surface area contributed by atoms with Gasteiger partial charge in [-0.3, -0.25) is 0 Å². The minimum Gasteiger partial charge on any atom is -0.314 e. The van der Waals surface area contributed by atoms with Gasteiger partial charge >= 0.3 is 0 Å². The SMILES string of the molecule is Cc1cc(S(=O)(=O)N2CCNCC2)ccc1C#N. The number of sulfonamides is 1. The molecule has 0 aromatic heterocycles. The van der Waals surface area contributed by atoms with Gasteiger partial charge in [0.05, 0.1) is 16.5 Å². The highest BCUT2D eigenvalue weighted by molar-refractivity contribution is 7.89. The third-order valence-electron chi connectivity index (χ3n) is 3.03. The Bertz CT molecular complexity index is 584. The maximum atomic E-state index is 12.4. The second-order valence-corrected chi connectivity index (χ2v) is 6.18. The van der Waals surface area contributed by atoms with Crippen LogP contribution in [0.4, 0.5) is 0 Å². The van der Waals surface area contributed by atoms with Gasteiger partial charge in [-0.2, -0.15) is 9.57 Å². The first-order valence-electron chi connectivity index (χ1n) is 5.77. The van der Waals surface area contributed by atoms with Crippen LogP contribution in [0.2, 0.25) is 0 Å². The monoisotopic (exact) mass is 265 g/mol. The summed E-state index contributed by atoms with van der Waals surface area (Å²) in [4.78, 5) is 0.265. The zero-order chi connectivity index (χ0) is 13.2. The lowest BCUT2D eigenvalue weighted by Gasteiger charge is -2.26. The minimum absolute atomic E-state index is 0.265. The van der Waals surface area contributed by atoms with Crippen molar-refractivity contribution in [1.29, 1.82) is 5.26 Å². The summed E-state index contributed by atoms with van der Waals surface area (Å²) in [6, 6.07) is 6.66. The summed E-state index contributed by atoms with van der Waals surface area (Å²) in [6.07, 6.45) is 0. The van der Waals surface area contributed by atoms with Crippen LogP contribution >= 0.6 is 0 Å². The van der Waals surface area contributed by atoms with Crippen molar-refractivity contribution in [3.63, 3.8) is 0 Å². The van der Waals surface area contributed by atoms with Gasteiger partial charge in [0.1, 0.15) is 0 Å². The molecule has 6 heteroatoms. The van der Waals surface area contributed by atoms with Crippen LogP contribution in [0.5, 0.6) is 0 Å². The van der Waals surface area contributed by atoms with Gasteiger partial charge in [-0.15, -0.1) is 0 Å². The maximum Gasteiger partial charge on any atom is 0.243 e. The lowest BCUT2D eigenvalue weighted by atomic mass is 10.1. The van der Waals surface area contributed by atoms with E-state index in [1.165, 1.54) is 10.4 Å². The van der Waals surface area contributed by atoms with Crippen LogP contribution in [0.25, 0.3) is 0 Å². The van der Waals surface area contributed by atoms with Crippen molar-refractivity contribution in [2.24, 2.45) is 0 Å². The van der Waals surface area contributed by atoms with Gasteiger partial charge in [-0.1, -0.05) is 0 Å². The van der Waals surface area contributed by atoms with Crippen LogP contribution in [0.15, 0.2) is 23.1 Å². The number of nitrogens with zero attached hydrogens (tertiary/aromatic N) is 2. The second-order valence-electron chi connectivity index (χ2n) is 4.24. The molecule has 1 aliphatic rings. The number of piperazine rings is 1. The molecular formula is C12H15N3O2S. The molecule has 0 saturated carbocycles. The first-order valence-corrected chi connectivity index (χ1v) is 7.21. The molecule has 0 bridgehead atoms. The summed E-state index contributed by atoms with van der Waals surface area (Å²) in [5.41, 5.74) is 1.20. The molecule has 2 rings (SSSR count). The summed E-state index contributed by atoms with van der Waals surface area (Å²) >= 11 is 0. The van der Waals surface area contributed by atoms with Gasteiger partial charge in [0.25, 0.3) is 0 Å². The number of hydrogen-bond acceptors (Lipinski definition) is 4. The molecule has 0 radical (unpaired) electrons. The Kier molecular flexibility index (Phi) is 3.66. The fourth-order valence-electron chi connectivity index (χ4n) is 1.96. The first kappa shape index (κ1) is 13.0. The van der Waals surface area contributed by atoms with E-state index in [2.05, 4.69) is 5.32 Å². The molecule has 1 aliphatic heterocycles. The normalized spacial score (nSPS) is 17.3. The van der Waals surface area contributed by atoms with Crippen LogP contribution in [0, 0.1) is 18.3 Å². The lowest BCUT2D eigenvalue weighted by molar-refractivity contribution is 0.360. The van der Waals surface area contributed by atoms with Gasteiger partial charge < -0.3 is 5.32 Å². The Balaban J connectivity index is 2.35. The lowest BCUT2D eigenvalue weighted by Crippen LogP contribution is -2.46. The van der Waals surface area contributed by atoms with Crippen molar-refractivity contribution in [3.8, 4) is 6.07 Å². The molecule has 18 heavy (non-hydrogen) atoms. The highest BCUT2D eigenvalue weighted by Crippen LogP contribution is 2.19. The van der Waals surface area contributed by atoms with Gasteiger partial charge in [0.2, 0.25) is 10.0 Å². The fraction of sp³-hybridized carbons (Fsp3) is 0.417. The zero-order valence-electron chi connectivity index (χ0n) is 10.2. The molecule has 1 fully saturated rings. The highest BCUT2D eigenvalue weighted by Gasteiger charge is 2.25. The standard InChI is InChI=1S/C12H15N3O2S/c1-10-8-12(3-2-11(10)9-13)18(16,17)15-6-4-14-5-7-15/h2-3,8,14H,4-7H2,1H3. The van der Waals surface area contributed by atoms with E-state index in [9.17, 15) is 8.42 Å². The van der Waals surface area contributed by atoms with Crippen molar-refractivity contribution in [2.45, 2.75) is 11.8 Å². The minimum atomic E-state index is -3.43. The first-order chi connectivity index (χ1) is 8.55. The number of rotatable bonds is 2. The molecule has 1 heterocycles. The number of aryl methyl sites for hydroxylation is 1. The molecule has 0 unspecified atom stereocenters. The van der Waals surface area contributed by atoms with E-state index in [0.29, 0.717) is 37.3 Å². The molecule has 5 nitrogen and oxygen atoms in total. The van der Waals surface area contributed by atoms with Gasteiger partial charge in [0, 0.05) is 26.2 Å². The Morgan fingerprint density at radius 2 is 2.00 bits per heavy atom. The average molecular weight is 265 g/mol. The maximum absolute atomic E-state index is 12.4. The molecule has 0 aliphatic carbocycles. The van der Waals surface area contributed by atoms with E-state index in [1.54, 1.807) is 19.1 Å². The average Bonchev–Trinajstić information content (AvgIpc) is 2.39. The van der Waals surface area contributed by atoms with E-state index in [4.69, 9.17) is 5.26 Å². The molecule has 0 atom stereocenters. The number of nitrogens with one attached hydrogen (secondary N) is 1. The smallest absolute Gasteiger partial charge is 0.243 e. The molecule has 0 amide bonds. The quantitative estimate of drug-likeness (QED) is 0.843. The van der Waals surface area contributed by atoms with E-state index < -0.39 is 10.0 Å². The Morgan fingerprint density at radius 3 is 2.56 bits per heavy atom. The topological polar surface area (TPSA) is 73.2 Å². The zero-order valence-corrected chi connectivity index (χ0v) is 11.0. The van der Waals surface area contributed by atoms with Crippen molar-refractivity contribution in [1.82, 2.24) is 9.62 Å². The Labute approximate surface area is 107 Å². The van der Waals surface area contributed by atoms with Crippen molar-refractivity contribution >= 4 is 10.0 Å². The van der Waals surface area contributed by atoms with Crippen LogP contribution in [-0.4, -0.2) is 38.9 Å². The van der Waals surface area contributed by atoms with E-state index >= 15 is 0 Å². The van der Waals surface area contributed by atoms with Crippen LogP contribution in [0.3, 0.4) is 0 Å². The van der Waals surface area contributed by atoms with E-state index in [1.807, 2.05) is 6.07 Å². The van der Waals surface area contributed by atoms with E-state index in [-0.39, 0.29) is 4.90 Å². The second kappa shape index (κ2) is 5.06. The fourth-order valence-corrected chi connectivity index (χ4v) is 3.48. The van der Waals surface area contributed by atoms with Crippen molar-refractivity contribution < 1.29 is 8.42 Å². The van der Waals surface area contributed by atoms with Gasteiger partial charge in [0.15, 0.2) is 0 Å². The molecule has 96 valence electrons. The van der Waals surface area contributed by atoms with Crippen LogP contribution < -0.4 is 5.32 Å². The Morgan fingerprint density at radius 1 is 1.33 bits per heavy atom. The third kappa shape index (κ3) is 2.38. The number of benzene rings is 1. The van der Waals surface area contributed by atoms with E-state index in [0.717, 1.165) is 0 Å². The number of nitriles is 1. The predicted molar refractivity (Wildman–Crippen MR) is 67.5 cm³/mol. The highest BCUT2D eigenvalue weighted by atomic mass is 32.2. The van der Waals surface area contributed by atoms with Crippen LogP contribution in [-0.2, 0) is 10.0 Å². The van der Waals surface area contributed by atoms with Crippen molar-refractivity contribution in [2.75, 3.05) is 26.2 Å². The van der Waals surface area contributed by atoms with Gasteiger partial charge in [-0.05, 0) is 30.7 Å². The molecular weight excluding hydrogens is 250 g/mol. The van der Waals surface area contributed by atoms with Gasteiger partial charge in [-0.25, -0.2) is 8.42 Å². The largest absolute Gasteiger partial charge is 0.314 e. The third-order valence-corrected chi connectivity index (χ3v) is 4.93. The summed E-state index contributed by atoms with van der Waals surface area (Å²) in [6.45, 7) is 4.07. The summed E-state index contributed by atoms with van der Waals surface area (Å²) in [5, 5.41) is 12.0. The van der Waals surface area contributed by atoms with Crippen LogP contribution in [0.1, 0.15) is 11.1 Å². The summed E-state index contributed by atoms with van der Waals surface area (Å²) < 4.78 is 26.2. The summed E-state index contributed by atoms with van der Waals surface area (Å²) in [7, 11) is -3.43.